The second kappa shape index (κ2) is 6.00. The summed E-state index contributed by atoms with van der Waals surface area (Å²) in [6, 6.07) is 6.45. The van der Waals surface area contributed by atoms with E-state index in [0.717, 1.165) is 6.20 Å². The van der Waals surface area contributed by atoms with Gasteiger partial charge in [0.2, 0.25) is 0 Å². The number of pyridine rings is 1. The van der Waals surface area contributed by atoms with Crippen molar-refractivity contribution >= 4 is 17.6 Å². The summed E-state index contributed by atoms with van der Waals surface area (Å²) in [6.07, 6.45) is 1.15. The summed E-state index contributed by atoms with van der Waals surface area (Å²) in [7, 11) is 1.32. The van der Waals surface area contributed by atoms with E-state index in [9.17, 15) is 14.0 Å². The lowest BCUT2D eigenvalue weighted by Crippen LogP contribution is -2.13. The van der Waals surface area contributed by atoms with Crippen LogP contribution in [0.4, 0.5) is 10.1 Å². The van der Waals surface area contributed by atoms with Gasteiger partial charge in [-0.1, -0.05) is 0 Å². The van der Waals surface area contributed by atoms with Crippen LogP contribution in [0.2, 0.25) is 0 Å². The van der Waals surface area contributed by atoms with Crippen LogP contribution in [0.1, 0.15) is 20.8 Å². The molecule has 108 valence electrons. The lowest BCUT2D eigenvalue weighted by atomic mass is 10.2. The van der Waals surface area contributed by atoms with Crippen molar-refractivity contribution in [2.75, 3.05) is 12.4 Å². The number of amides is 1. The van der Waals surface area contributed by atoms with Crippen LogP contribution in [0.5, 0.6) is 5.75 Å². The van der Waals surface area contributed by atoms with E-state index in [1.165, 1.54) is 37.4 Å². The maximum absolute atomic E-state index is 13.2. The van der Waals surface area contributed by atoms with Gasteiger partial charge in [-0.15, -0.1) is 0 Å². The van der Waals surface area contributed by atoms with Crippen LogP contribution in [-0.4, -0.2) is 29.1 Å². The zero-order valence-corrected chi connectivity index (χ0v) is 11.0. The van der Waals surface area contributed by atoms with E-state index in [1.807, 2.05) is 0 Å². The Bertz CT molecular complexity index is 686. The molecule has 2 N–H and O–H groups in total. The number of benzene rings is 1. The molecule has 1 aromatic heterocycles. The molecule has 0 aliphatic heterocycles. The first-order valence-electron chi connectivity index (χ1n) is 5.85. The average Bonchev–Trinajstić information content (AvgIpc) is 2.49. The maximum Gasteiger partial charge on any atom is 0.354 e. The van der Waals surface area contributed by atoms with E-state index < -0.39 is 17.7 Å². The largest absolute Gasteiger partial charge is 0.494 e. The number of carbonyl (C=O) groups is 2. The van der Waals surface area contributed by atoms with Gasteiger partial charge in [0.05, 0.1) is 12.7 Å². The SMILES string of the molecule is COc1cc(NC(=O)c2ccc(C(=O)O)nc2)ccc1F. The first-order valence-corrected chi connectivity index (χ1v) is 5.85. The third-order valence-electron chi connectivity index (χ3n) is 2.65. The summed E-state index contributed by atoms with van der Waals surface area (Å²) in [4.78, 5) is 26.3. The third-order valence-corrected chi connectivity index (χ3v) is 2.65. The molecule has 0 fully saturated rings. The number of nitrogens with one attached hydrogen (secondary N) is 1. The minimum Gasteiger partial charge on any atom is -0.494 e. The number of carboxylic acid groups (broad SMARTS) is 1. The summed E-state index contributed by atoms with van der Waals surface area (Å²) in [5.41, 5.74) is 0.374. The van der Waals surface area contributed by atoms with Gasteiger partial charge in [0.15, 0.2) is 11.6 Å². The van der Waals surface area contributed by atoms with Gasteiger partial charge in [-0.2, -0.15) is 0 Å². The van der Waals surface area contributed by atoms with Gasteiger partial charge in [0, 0.05) is 18.0 Å². The fourth-order valence-corrected chi connectivity index (χ4v) is 1.60. The van der Waals surface area contributed by atoms with Gasteiger partial charge in [-0.05, 0) is 24.3 Å². The Labute approximate surface area is 119 Å². The summed E-state index contributed by atoms with van der Waals surface area (Å²) in [6.45, 7) is 0. The Morgan fingerprint density at radius 2 is 2.05 bits per heavy atom. The monoisotopic (exact) mass is 290 g/mol. The Morgan fingerprint density at radius 3 is 2.62 bits per heavy atom. The fourth-order valence-electron chi connectivity index (χ4n) is 1.60. The third kappa shape index (κ3) is 3.33. The molecule has 6 nitrogen and oxygen atoms in total. The van der Waals surface area contributed by atoms with Crippen LogP contribution in [-0.2, 0) is 0 Å². The van der Waals surface area contributed by atoms with Gasteiger partial charge in [0.25, 0.3) is 5.91 Å². The molecule has 7 heteroatoms. The zero-order valence-electron chi connectivity index (χ0n) is 11.0. The van der Waals surface area contributed by atoms with Crippen LogP contribution in [0.3, 0.4) is 0 Å². The van der Waals surface area contributed by atoms with Gasteiger partial charge in [0.1, 0.15) is 5.69 Å². The van der Waals surface area contributed by atoms with Crippen molar-refractivity contribution in [1.29, 1.82) is 0 Å². The van der Waals surface area contributed by atoms with E-state index >= 15 is 0 Å². The summed E-state index contributed by atoms with van der Waals surface area (Å²) in [5.74, 6) is -2.20. The standard InChI is InChI=1S/C14H11FN2O4/c1-21-12-6-9(3-4-10(12)15)17-13(18)8-2-5-11(14(19)20)16-7-8/h2-7H,1H3,(H,17,18)(H,19,20). The topological polar surface area (TPSA) is 88.5 Å². The molecule has 0 aliphatic rings. The smallest absolute Gasteiger partial charge is 0.354 e. The molecular weight excluding hydrogens is 279 g/mol. The van der Waals surface area contributed by atoms with E-state index in [1.54, 1.807) is 0 Å². The molecule has 21 heavy (non-hydrogen) atoms. The Hall–Kier alpha value is -2.96. The van der Waals surface area contributed by atoms with Gasteiger partial charge in [-0.25, -0.2) is 14.2 Å². The lowest BCUT2D eigenvalue weighted by Gasteiger charge is -2.07. The molecule has 1 heterocycles. The van der Waals surface area contributed by atoms with E-state index in [-0.39, 0.29) is 17.0 Å². The zero-order chi connectivity index (χ0) is 15.4. The number of halogens is 1. The highest BCUT2D eigenvalue weighted by Gasteiger charge is 2.11. The molecule has 1 amide bonds. The van der Waals surface area contributed by atoms with Crippen molar-refractivity contribution in [3.05, 3.63) is 53.6 Å². The molecular formula is C14H11FN2O4. The second-order valence-electron chi connectivity index (χ2n) is 4.04. The lowest BCUT2D eigenvalue weighted by molar-refractivity contribution is 0.0690. The minimum atomic E-state index is -1.18. The van der Waals surface area contributed by atoms with Crippen LogP contribution >= 0.6 is 0 Å². The van der Waals surface area contributed by atoms with Gasteiger partial charge in [-0.3, -0.25) is 4.79 Å². The number of carbonyl (C=O) groups excluding carboxylic acids is 1. The number of ether oxygens (including phenoxy) is 1. The summed E-state index contributed by atoms with van der Waals surface area (Å²) < 4.78 is 18.1. The molecule has 0 aliphatic carbocycles. The van der Waals surface area contributed by atoms with Crippen molar-refractivity contribution in [3.63, 3.8) is 0 Å². The normalized spacial score (nSPS) is 10.0. The molecule has 0 unspecified atom stereocenters. The Kier molecular flexibility index (Phi) is 4.13. The molecule has 0 spiro atoms. The maximum atomic E-state index is 13.2. The van der Waals surface area contributed by atoms with Crippen LogP contribution in [0.25, 0.3) is 0 Å². The highest BCUT2D eigenvalue weighted by molar-refractivity contribution is 6.04. The molecule has 0 radical (unpaired) electrons. The highest BCUT2D eigenvalue weighted by Crippen LogP contribution is 2.21. The van der Waals surface area contributed by atoms with Crippen molar-refractivity contribution in [1.82, 2.24) is 4.98 Å². The van der Waals surface area contributed by atoms with E-state index in [0.29, 0.717) is 5.69 Å². The summed E-state index contributed by atoms with van der Waals surface area (Å²) >= 11 is 0. The van der Waals surface area contributed by atoms with Crippen molar-refractivity contribution < 1.29 is 23.8 Å². The van der Waals surface area contributed by atoms with Gasteiger partial charge < -0.3 is 15.2 Å². The minimum absolute atomic E-state index is 0.00662. The molecule has 0 saturated heterocycles. The van der Waals surface area contributed by atoms with Crippen LogP contribution in [0.15, 0.2) is 36.5 Å². The molecule has 1 aromatic carbocycles. The number of hydrogen-bond acceptors (Lipinski definition) is 4. The summed E-state index contributed by atoms with van der Waals surface area (Å²) in [5, 5.41) is 11.3. The van der Waals surface area contributed by atoms with Crippen molar-refractivity contribution in [3.8, 4) is 5.75 Å². The molecule has 0 bridgehead atoms. The second-order valence-corrected chi connectivity index (χ2v) is 4.04. The number of nitrogens with zero attached hydrogens (tertiary/aromatic N) is 1. The molecule has 0 saturated carbocycles. The predicted octanol–water partition coefficient (Wildman–Crippen LogP) is 2.18. The number of hydrogen-bond donors (Lipinski definition) is 2. The average molecular weight is 290 g/mol. The van der Waals surface area contributed by atoms with Crippen molar-refractivity contribution in [2.24, 2.45) is 0 Å². The quantitative estimate of drug-likeness (QED) is 0.901. The van der Waals surface area contributed by atoms with E-state index in [4.69, 9.17) is 9.84 Å². The van der Waals surface area contributed by atoms with E-state index in [2.05, 4.69) is 10.3 Å². The fraction of sp³-hybridized carbons (Fsp3) is 0.0714. The highest BCUT2D eigenvalue weighted by atomic mass is 19.1. The Balaban J connectivity index is 2.15. The first kappa shape index (κ1) is 14.4. The number of carboxylic acids is 1. The number of aromatic nitrogens is 1. The van der Waals surface area contributed by atoms with Crippen LogP contribution in [0, 0.1) is 5.82 Å². The number of aromatic carboxylic acids is 1. The first-order chi connectivity index (χ1) is 10.0. The molecule has 0 atom stereocenters. The number of methoxy groups -OCH3 is 1. The van der Waals surface area contributed by atoms with Crippen LogP contribution < -0.4 is 10.1 Å². The number of rotatable bonds is 4. The molecule has 2 rings (SSSR count). The van der Waals surface area contributed by atoms with Gasteiger partial charge >= 0.3 is 5.97 Å². The Morgan fingerprint density at radius 1 is 1.29 bits per heavy atom. The predicted molar refractivity (Wildman–Crippen MR) is 72.1 cm³/mol. The van der Waals surface area contributed by atoms with Crippen molar-refractivity contribution in [2.45, 2.75) is 0 Å². The molecule has 2 aromatic rings. The number of anilines is 1.